The van der Waals surface area contributed by atoms with Gasteiger partial charge in [-0.3, -0.25) is 0 Å². The van der Waals surface area contributed by atoms with Crippen molar-refractivity contribution in [1.29, 1.82) is 0 Å². The maximum absolute atomic E-state index is 9.71. The molecule has 0 aliphatic heterocycles. The SMILES string of the molecule is C=Cc1ccc(-c2cc(N)cc(N)c2CC(O)CO)cc1. The van der Waals surface area contributed by atoms with Crippen molar-refractivity contribution in [3.63, 3.8) is 0 Å². The molecule has 0 aliphatic rings. The second-order valence-corrected chi connectivity index (χ2v) is 5.00. The molecule has 0 bridgehead atoms. The number of aliphatic hydroxyl groups excluding tert-OH is 2. The van der Waals surface area contributed by atoms with E-state index in [1.165, 1.54) is 0 Å². The fourth-order valence-electron chi connectivity index (χ4n) is 2.30. The highest BCUT2D eigenvalue weighted by molar-refractivity contribution is 5.78. The van der Waals surface area contributed by atoms with Gasteiger partial charge in [0, 0.05) is 17.8 Å². The van der Waals surface area contributed by atoms with Gasteiger partial charge in [0.2, 0.25) is 0 Å². The van der Waals surface area contributed by atoms with Gasteiger partial charge in [-0.25, -0.2) is 0 Å². The van der Waals surface area contributed by atoms with Gasteiger partial charge in [-0.1, -0.05) is 36.9 Å². The molecule has 0 aliphatic carbocycles. The monoisotopic (exact) mass is 284 g/mol. The average molecular weight is 284 g/mol. The number of rotatable bonds is 5. The number of benzene rings is 2. The van der Waals surface area contributed by atoms with Crippen molar-refractivity contribution in [2.75, 3.05) is 18.1 Å². The zero-order valence-corrected chi connectivity index (χ0v) is 11.8. The molecule has 0 radical (unpaired) electrons. The van der Waals surface area contributed by atoms with Crippen LogP contribution in [-0.2, 0) is 6.42 Å². The summed E-state index contributed by atoms with van der Waals surface area (Å²) in [6.07, 6.45) is 1.21. The highest BCUT2D eigenvalue weighted by Gasteiger charge is 2.14. The molecule has 110 valence electrons. The lowest BCUT2D eigenvalue weighted by Gasteiger charge is -2.16. The standard InChI is InChI=1S/C17H20N2O2/c1-2-11-3-5-12(6-4-11)15-7-13(18)8-17(19)16(15)9-14(21)10-20/h2-8,14,20-21H,1,9-10,18-19H2. The van der Waals surface area contributed by atoms with Gasteiger partial charge >= 0.3 is 0 Å². The minimum absolute atomic E-state index is 0.279. The summed E-state index contributed by atoms with van der Waals surface area (Å²) in [6.45, 7) is 3.42. The lowest BCUT2D eigenvalue weighted by atomic mass is 9.93. The molecule has 4 nitrogen and oxygen atoms in total. The number of aliphatic hydroxyl groups is 2. The van der Waals surface area contributed by atoms with Crippen LogP contribution in [0.3, 0.4) is 0 Å². The quantitative estimate of drug-likeness (QED) is 0.632. The molecule has 0 fully saturated rings. The number of anilines is 2. The summed E-state index contributed by atoms with van der Waals surface area (Å²) in [5.41, 5.74) is 16.6. The van der Waals surface area contributed by atoms with Crippen molar-refractivity contribution >= 4 is 17.5 Å². The van der Waals surface area contributed by atoms with E-state index in [2.05, 4.69) is 6.58 Å². The minimum Gasteiger partial charge on any atom is -0.399 e. The number of nitrogen functional groups attached to an aromatic ring is 2. The topological polar surface area (TPSA) is 92.5 Å². The molecule has 0 heterocycles. The summed E-state index contributed by atoms with van der Waals surface area (Å²) >= 11 is 0. The van der Waals surface area contributed by atoms with E-state index >= 15 is 0 Å². The first-order valence-corrected chi connectivity index (χ1v) is 6.74. The van der Waals surface area contributed by atoms with Crippen molar-refractivity contribution in [2.24, 2.45) is 0 Å². The molecule has 6 N–H and O–H groups in total. The Morgan fingerprint density at radius 2 is 1.81 bits per heavy atom. The Morgan fingerprint density at radius 1 is 1.14 bits per heavy atom. The molecule has 0 spiro atoms. The molecule has 2 aromatic rings. The highest BCUT2D eigenvalue weighted by Crippen LogP contribution is 2.32. The Bertz CT molecular complexity index is 636. The maximum Gasteiger partial charge on any atom is 0.0812 e. The van der Waals surface area contributed by atoms with Crippen LogP contribution < -0.4 is 11.5 Å². The average Bonchev–Trinajstić information content (AvgIpc) is 2.49. The zero-order valence-electron chi connectivity index (χ0n) is 11.8. The fourth-order valence-corrected chi connectivity index (χ4v) is 2.30. The van der Waals surface area contributed by atoms with Crippen molar-refractivity contribution in [3.8, 4) is 11.1 Å². The van der Waals surface area contributed by atoms with E-state index in [0.29, 0.717) is 11.4 Å². The van der Waals surface area contributed by atoms with Crippen molar-refractivity contribution in [3.05, 3.63) is 54.1 Å². The normalized spacial score (nSPS) is 12.1. The smallest absolute Gasteiger partial charge is 0.0812 e. The molecule has 0 saturated heterocycles. The first-order chi connectivity index (χ1) is 10.0. The Morgan fingerprint density at radius 3 is 2.38 bits per heavy atom. The molecular weight excluding hydrogens is 264 g/mol. The Kier molecular flexibility index (Phi) is 4.62. The van der Waals surface area contributed by atoms with Crippen molar-refractivity contribution < 1.29 is 10.2 Å². The first kappa shape index (κ1) is 15.1. The molecule has 21 heavy (non-hydrogen) atoms. The van der Waals surface area contributed by atoms with Crippen molar-refractivity contribution in [2.45, 2.75) is 12.5 Å². The predicted octanol–water partition coefficient (Wildman–Crippen LogP) is 2.06. The van der Waals surface area contributed by atoms with E-state index in [9.17, 15) is 5.11 Å². The van der Waals surface area contributed by atoms with Gasteiger partial charge in [0.05, 0.1) is 12.7 Å². The molecule has 4 heteroatoms. The van der Waals surface area contributed by atoms with Gasteiger partial charge in [0.25, 0.3) is 0 Å². The van der Waals surface area contributed by atoms with Crippen LogP contribution in [0.5, 0.6) is 0 Å². The number of hydrogen-bond acceptors (Lipinski definition) is 4. The minimum atomic E-state index is -0.845. The molecule has 1 atom stereocenters. The van der Waals surface area contributed by atoms with Gasteiger partial charge in [0.15, 0.2) is 0 Å². The van der Waals surface area contributed by atoms with E-state index in [1.54, 1.807) is 12.1 Å². The molecule has 0 aromatic heterocycles. The van der Waals surface area contributed by atoms with Gasteiger partial charge in [-0.15, -0.1) is 0 Å². The van der Waals surface area contributed by atoms with Crippen LogP contribution >= 0.6 is 0 Å². The Hall–Kier alpha value is -2.30. The van der Waals surface area contributed by atoms with Crippen LogP contribution in [0.4, 0.5) is 11.4 Å². The largest absolute Gasteiger partial charge is 0.399 e. The second-order valence-electron chi connectivity index (χ2n) is 5.00. The Balaban J connectivity index is 2.51. The highest BCUT2D eigenvalue weighted by atomic mass is 16.3. The van der Waals surface area contributed by atoms with Crippen LogP contribution in [-0.4, -0.2) is 22.9 Å². The summed E-state index contributed by atoms with van der Waals surface area (Å²) < 4.78 is 0. The number of nitrogens with two attached hydrogens (primary N) is 2. The van der Waals surface area contributed by atoms with Gasteiger partial charge in [-0.05, 0) is 34.4 Å². The lowest BCUT2D eigenvalue weighted by Crippen LogP contribution is -2.17. The Labute approximate surface area is 124 Å². The molecule has 2 aromatic carbocycles. The number of hydrogen-bond donors (Lipinski definition) is 4. The fraction of sp³-hybridized carbons (Fsp3) is 0.176. The lowest BCUT2D eigenvalue weighted by molar-refractivity contribution is 0.0957. The van der Waals surface area contributed by atoms with Crippen molar-refractivity contribution in [1.82, 2.24) is 0 Å². The zero-order chi connectivity index (χ0) is 15.4. The van der Waals surface area contributed by atoms with Crippen LogP contribution in [0.2, 0.25) is 0 Å². The van der Waals surface area contributed by atoms with E-state index in [4.69, 9.17) is 16.6 Å². The summed E-state index contributed by atoms with van der Waals surface area (Å²) in [5, 5.41) is 18.8. The van der Waals surface area contributed by atoms with Crippen LogP contribution in [0, 0.1) is 0 Å². The molecular formula is C17H20N2O2. The van der Waals surface area contributed by atoms with E-state index in [0.717, 1.165) is 22.3 Å². The third-order valence-corrected chi connectivity index (χ3v) is 3.41. The van der Waals surface area contributed by atoms with Gasteiger partial charge in [-0.2, -0.15) is 0 Å². The van der Waals surface area contributed by atoms with E-state index in [1.807, 2.05) is 30.3 Å². The second kappa shape index (κ2) is 6.43. The summed E-state index contributed by atoms with van der Waals surface area (Å²) in [4.78, 5) is 0. The van der Waals surface area contributed by atoms with Crippen LogP contribution in [0.15, 0.2) is 43.0 Å². The molecule has 0 saturated carbocycles. The third kappa shape index (κ3) is 3.42. The molecule has 0 amide bonds. The summed E-state index contributed by atoms with van der Waals surface area (Å²) in [7, 11) is 0. The molecule has 1 unspecified atom stereocenters. The molecule has 2 rings (SSSR count). The van der Waals surface area contributed by atoms with E-state index in [-0.39, 0.29) is 13.0 Å². The third-order valence-electron chi connectivity index (χ3n) is 3.41. The maximum atomic E-state index is 9.71. The first-order valence-electron chi connectivity index (χ1n) is 6.74. The van der Waals surface area contributed by atoms with Gasteiger partial charge < -0.3 is 21.7 Å². The van der Waals surface area contributed by atoms with Gasteiger partial charge in [0.1, 0.15) is 0 Å². The summed E-state index contributed by atoms with van der Waals surface area (Å²) in [5.74, 6) is 0. The van der Waals surface area contributed by atoms with Crippen LogP contribution in [0.1, 0.15) is 11.1 Å². The van der Waals surface area contributed by atoms with Crippen LogP contribution in [0.25, 0.3) is 17.2 Å². The predicted molar refractivity (Wildman–Crippen MR) is 87.6 cm³/mol. The summed E-state index contributed by atoms with van der Waals surface area (Å²) in [6, 6.07) is 11.3. The van der Waals surface area contributed by atoms with E-state index < -0.39 is 6.10 Å².